The lowest BCUT2D eigenvalue weighted by Crippen LogP contribution is -2.04. The first kappa shape index (κ1) is 9.51. The van der Waals surface area contributed by atoms with Crippen molar-refractivity contribution in [3.63, 3.8) is 0 Å². The summed E-state index contributed by atoms with van der Waals surface area (Å²) in [6, 6.07) is 1.74. The van der Waals surface area contributed by atoms with Gasteiger partial charge in [0, 0.05) is 13.2 Å². The highest BCUT2D eigenvalue weighted by Crippen LogP contribution is 2.12. The maximum Gasteiger partial charge on any atom is 0.339 e. The van der Waals surface area contributed by atoms with Crippen molar-refractivity contribution in [1.82, 2.24) is 4.98 Å². The van der Waals surface area contributed by atoms with E-state index in [0.717, 1.165) is 11.4 Å². The molecule has 0 aromatic carbocycles. The molecule has 0 aliphatic rings. The number of carbonyl (C=O) groups is 1. The predicted molar refractivity (Wildman–Crippen MR) is 49.9 cm³/mol. The third kappa shape index (κ3) is 1.96. The minimum Gasteiger partial charge on any atom is -0.465 e. The number of nitrogens with zero attached hydrogens (tertiary/aromatic N) is 1. The van der Waals surface area contributed by atoms with Crippen LogP contribution in [-0.4, -0.2) is 25.1 Å². The number of pyridine rings is 1. The molecule has 1 N–H and O–H groups in total. The lowest BCUT2D eigenvalue weighted by molar-refractivity contribution is 0.0600. The first-order valence-corrected chi connectivity index (χ1v) is 3.91. The standard InChI is InChI=1S/C9H12N2O2/c1-6-4-7(9(12)13-3)5-11-8(6)10-2/h4-5H,1-3H3,(H,10,11). The minimum absolute atomic E-state index is 0.363. The molecule has 4 heteroatoms. The van der Waals surface area contributed by atoms with Crippen LogP contribution in [0.25, 0.3) is 0 Å². The van der Waals surface area contributed by atoms with E-state index in [4.69, 9.17) is 0 Å². The Bertz CT molecular complexity index is 323. The van der Waals surface area contributed by atoms with Gasteiger partial charge in [0.1, 0.15) is 5.82 Å². The Balaban J connectivity index is 3.02. The smallest absolute Gasteiger partial charge is 0.339 e. The predicted octanol–water partition coefficient (Wildman–Crippen LogP) is 1.22. The van der Waals surface area contributed by atoms with Gasteiger partial charge in [-0.25, -0.2) is 9.78 Å². The first-order chi connectivity index (χ1) is 6.19. The van der Waals surface area contributed by atoms with Gasteiger partial charge in [0.25, 0.3) is 0 Å². The molecular weight excluding hydrogens is 168 g/mol. The fraction of sp³-hybridized carbons (Fsp3) is 0.333. The molecular formula is C9H12N2O2. The average Bonchev–Trinajstić information content (AvgIpc) is 2.16. The van der Waals surface area contributed by atoms with E-state index < -0.39 is 0 Å². The van der Waals surface area contributed by atoms with Crippen LogP contribution in [0.5, 0.6) is 0 Å². The first-order valence-electron chi connectivity index (χ1n) is 3.91. The maximum atomic E-state index is 11.1. The van der Waals surface area contributed by atoms with E-state index in [1.165, 1.54) is 13.3 Å². The average molecular weight is 180 g/mol. The fourth-order valence-electron chi connectivity index (χ4n) is 1.07. The zero-order chi connectivity index (χ0) is 9.84. The molecule has 0 aliphatic heterocycles. The molecule has 0 atom stereocenters. The van der Waals surface area contributed by atoms with Crippen molar-refractivity contribution in [1.29, 1.82) is 0 Å². The van der Waals surface area contributed by atoms with Gasteiger partial charge in [0.2, 0.25) is 0 Å². The van der Waals surface area contributed by atoms with E-state index in [9.17, 15) is 4.79 Å². The van der Waals surface area contributed by atoms with E-state index in [0.29, 0.717) is 5.56 Å². The molecule has 0 saturated carbocycles. The summed E-state index contributed by atoms with van der Waals surface area (Å²) < 4.78 is 4.57. The summed E-state index contributed by atoms with van der Waals surface area (Å²) in [7, 11) is 3.14. The van der Waals surface area contributed by atoms with E-state index >= 15 is 0 Å². The Morgan fingerprint density at radius 2 is 2.31 bits per heavy atom. The number of methoxy groups -OCH3 is 1. The number of hydrogen-bond acceptors (Lipinski definition) is 4. The van der Waals surface area contributed by atoms with Crippen LogP contribution < -0.4 is 5.32 Å². The van der Waals surface area contributed by atoms with Gasteiger partial charge in [0.05, 0.1) is 12.7 Å². The van der Waals surface area contributed by atoms with Crippen LogP contribution in [0.2, 0.25) is 0 Å². The van der Waals surface area contributed by atoms with E-state index in [1.54, 1.807) is 13.1 Å². The van der Waals surface area contributed by atoms with Crippen LogP contribution in [0.15, 0.2) is 12.3 Å². The number of nitrogens with one attached hydrogen (secondary N) is 1. The molecule has 0 unspecified atom stereocenters. The Hall–Kier alpha value is -1.58. The van der Waals surface area contributed by atoms with Crippen molar-refractivity contribution in [2.45, 2.75) is 6.92 Å². The Kier molecular flexibility index (Phi) is 2.84. The highest BCUT2D eigenvalue weighted by atomic mass is 16.5. The van der Waals surface area contributed by atoms with Crippen LogP contribution in [-0.2, 0) is 4.74 Å². The quantitative estimate of drug-likeness (QED) is 0.695. The third-order valence-electron chi connectivity index (χ3n) is 1.74. The molecule has 0 saturated heterocycles. The number of ether oxygens (including phenoxy) is 1. The molecule has 0 amide bonds. The van der Waals surface area contributed by atoms with Gasteiger partial charge in [-0.3, -0.25) is 0 Å². The summed E-state index contributed by atoms with van der Waals surface area (Å²) in [6.45, 7) is 1.88. The second-order valence-corrected chi connectivity index (χ2v) is 2.63. The molecule has 1 aromatic rings. The van der Waals surface area contributed by atoms with Gasteiger partial charge in [-0.05, 0) is 18.6 Å². The number of hydrogen-bond donors (Lipinski definition) is 1. The number of carbonyl (C=O) groups excluding carboxylic acids is 1. The lowest BCUT2D eigenvalue weighted by Gasteiger charge is -2.04. The molecule has 70 valence electrons. The Labute approximate surface area is 76.9 Å². The highest BCUT2D eigenvalue weighted by molar-refractivity contribution is 5.89. The zero-order valence-electron chi connectivity index (χ0n) is 7.92. The molecule has 1 rings (SSSR count). The number of aromatic nitrogens is 1. The van der Waals surface area contributed by atoms with Crippen molar-refractivity contribution in [3.8, 4) is 0 Å². The van der Waals surface area contributed by atoms with Gasteiger partial charge in [0.15, 0.2) is 0 Å². The molecule has 0 aliphatic carbocycles. The van der Waals surface area contributed by atoms with Crippen LogP contribution >= 0.6 is 0 Å². The van der Waals surface area contributed by atoms with Crippen LogP contribution in [0.1, 0.15) is 15.9 Å². The van der Waals surface area contributed by atoms with Gasteiger partial charge >= 0.3 is 5.97 Å². The van der Waals surface area contributed by atoms with Crippen LogP contribution in [0, 0.1) is 6.92 Å². The second kappa shape index (κ2) is 3.89. The number of anilines is 1. The topological polar surface area (TPSA) is 51.2 Å². The van der Waals surface area contributed by atoms with Gasteiger partial charge in [-0.1, -0.05) is 0 Å². The second-order valence-electron chi connectivity index (χ2n) is 2.63. The molecule has 1 aromatic heterocycles. The molecule has 0 radical (unpaired) electrons. The monoisotopic (exact) mass is 180 g/mol. The summed E-state index contributed by atoms with van der Waals surface area (Å²) in [5.41, 5.74) is 1.39. The summed E-state index contributed by atoms with van der Waals surface area (Å²) in [6.07, 6.45) is 1.49. The molecule has 1 heterocycles. The molecule has 0 bridgehead atoms. The van der Waals surface area contributed by atoms with Crippen molar-refractivity contribution in [2.75, 3.05) is 19.5 Å². The summed E-state index contributed by atoms with van der Waals surface area (Å²) in [4.78, 5) is 15.1. The van der Waals surface area contributed by atoms with Gasteiger partial charge in [-0.2, -0.15) is 0 Å². The number of aryl methyl sites for hydroxylation is 1. The van der Waals surface area contributed by atoms with Crippen molar-refractivity contribution < 1.29 is 9.53 Å². The van der Waals surface area contributed by atoms with Crippen molar-refractivity contribution in [2.24, 2.45) is 0 Å². The molecule has 0 spiro atoms. The minimum atomic E-state index is -0.363. The van der Waals surface area contributed by atoms with E-state index in [2.05, 4.69) is 15.0 Å². The summed E-state index contributed by atoms with van der Waals surface area (Å²) in [5, 5.41) is 2.92. The third-order valence-corrected chi connectivity index (χ3v) is 1.74. The lowest BCUT2D eigenvalue weighted by atomic mass is 10.2. The number of rotatable bonds is 2. The molecule has 4 nitrogen and oxygen atoms in total. The Morgan fingerprint density at radius 1 is 1.62 bits per heavy atom. The SMILES string of the molecule is CNc1ncc(C(=O)OC)cc1C. The maximum absolute atomic E-state index is 11.1. The van der Waals surface area contributed by atoms with E-state index in [1.807, 2.05) is 6.92 Å². The van der Waals surface area contributed by atoms with Crippen molar-refractivity contribution in [3.05, 3.63) is 23.4 Å². The van der Waals surface area contributed by atoms with Crippen LogP contribution in [0.4, 0.5) is 5.82 Å². The van der Waals surface area contributed by atoms with E-state index in [-0.39, 0.29) is 5.97 Å². The summed E-state index contributed by atoms with van der Waals surface area (Å²) >= 11 is 0. The van der Waals surface area contributed by atoms with Gasteiger partial charge in [-0.15, -0.1) is 0 Å². The largest absolute Gasteiger partial charge is 0.465 e. The normalized spacial score (nSPS) is 9.46. The zero-order valence-corrected chi connectivity index (χ0v) is 7.92. The molecule has 13 heavy (non-hydrogen) atoms. The highest BCUT2D eigenvalue weighted by Gasteiger charge is 2.07. The van der Waals surface area contributed by atoms with Gasteiger partial charge < -0.3 is 10.1 Å². The van der Waals surface area contributed by atoms with Crippen molar-refractivity contribution >= 4 is 11.8 Å². The van der Waals surface area contributed by atoms with Crippen LogP contribution in [0.3, 0.4) is 0 Å². The molecule has 0 fully saturated rings. The fourth-order valence-corrected chi connectivity index (χ4v) is 1.07. The summed E-state index contributed by atoms with van der Waals surface area (Å²) in [5.74, 6) is 0.408. The Morgan fingerprint density at radius 3 is 2.77 bits per heavy atom. The number of esters is 1.